The van der Waals surface area contributed by atoms with Crippen molar-refractivity contribution in [3.63, 3.8) is 0 Å². The number of carbonyl (C=O) groups is 2. The molecule has 0 saturated carbocycles. The Kier molecular flexibility index (Phi) is 7.29. The monoisotopic (exact) mass is 255 g/mol. The first kappa shape index (κ1) is 14.9. The summed E-state index contributed by atoms with van der Waals surface area (Å²) in [6.07, 6.45) is 3.67. The average molecular weight is 255 g/mol. The lowest BCUT2D eigenvalue weighted by atomic mass is 10.3. The van der Waals surface area contributed by atoms with Gasteiger partial charge < -0.3 is 9.47 Å². The van der Waals surface area contributed by atoms with Crippen LogP contribution in [-0.4, -0.2) is 56.1 Å². The van der Waals surface area contributed by atoms with Crippen molar-refractivity contribution < 1.29 is 19.1 Å². The summed E-state index contributed by atoms with van der Waals surface area (Å²) < 4.78 is 10.2. The highest BCUT2D eigenvalue weighted by atomic mass is 16.5. The van der Waals surface area contributed by atoms with E-state index in [1.165, 1.54) is 12.2 Å². The van der Waals surface area contributed by atoms with Crippen molar-refractivity contribution in [2.45, 2.75) is 19.8 Å². The zero-order chi connectivity index (χ0) is 13.2. The van der Waals surface area contributed by atoms with Crippen molar-refractivity contribution in [1.29, 1.82) is 0 Å². The van der Waals surface area contributed by atoms with Crippen LogP contribution >= 0.6 is 0 Å². The SMILES string of the molecule is CCC(=O)/C=C/C(=O)OCCCN1CCOCC1. The zero-order valence-corrected chi connectivity index (χ0v) is 10.9. The smallest absolute Gasteiger partial charge is 0.330 e. The third kappa shape index (κ3) is 6.51. The molecule has 0 aromatic carbocycles. The predicted molar refractivity (Wildman–Crippen MR) is 67.3 cm³/mol. The summed E-state index contributed by atoms with van der Waals surface area (Å²) in [5, 5.41) is 0. The third-order valence-corrected chi connectivity index (χ3v) is 2.72. The van der Waals surface area contributed by atoms with E-state index >= 15 is 0 Å². The summed E-state index contributed by atoms with van der Waals surface area (Å²) in [6, 6.07) is 0. The number of hydrogen-bond acceptors (Lipinski definition) is 5. The molecule has 1 fully saturated rings. The molecule has 1 aliphatic heterocycles. The highest BCUT2D eigenvalue weighted by Crippen LogP contribution is 1.98. The molecule has 0 aromatic heterocycles. The van der Waals surface area contributed by atoms with Gasteiger partial charge in [0.1, 0.15) is 0 Å². The molecule has 5 heteroatoms. The molecule has 18 heavy (non-hydrogen) atoms. The molecule has 1 aliphatic rings. The van der Waals surface area contributed by atoms with E-state index in [1.807, 2.05) is 0 Å². The van der Waals surface area contributed by atoms with Gasteiger partial charge in [-0.05, 0) is 12.5 Å². The van der Waals surface area contributed by atoms with Crippen molar-refractivity contribution in [1.82, 2.24) is 4.90 Å². The fourth-order valence-corrected chi connectivity index (χ4v) is 1.61. The van der Waals surface area contributed by atoms with Gasteiger partial charge in [-0.1, -0.05) is 6.92 Å². The molecule has 1 saturated heterocycles. The second kappa shape index (κ2) is 8.83. The van der Waals surface area contributed by atoms with E-state index < -0.39 is 5.97 Å². The quantitative estimate of drug-likeness (QED) is 0.382. The van der Waals surface area contributed by atoms with Crippen LogP contribution in [0.4, 0.5) is 0 Å². The van der Waals surface area contributed by atoms with Crippen molar-refractivity contribution in [3.05, 3.63) is 12.2 Å². The molecule has 0 unspecified atom stereocenters. The number of ether oxygens (including phenoxy) is 2. The lowest BCUT2D eigenvalue weighted by Crippen LogP contribution is -2.37. The number of carbonyl (C=O) groups excluding carboxylic acids is 2. The molecule has 0 aromatic rings. The number of esters is 1. The van der Waals surface area contributed by atoms with Crippen LogP contribution in [0.1, 0.15) is 19.8 Å². The van der Waals surface area contributed by atoms with Gasteiger partial charge in [0, 0.05) is 32.1 Å². The molecule has 0 aliphatic carbocycles. The average Bonchev–Trinajstić information content (AvgIpc) is 2.42. The van der Waals surface area contributed by atoms with Crippen molar-refractivity contribution in [2.24, 2.45) is 0 Å². The Labute approximate surface area is 108 Å². The molecule has 1 heterocycles. The summed E-state index contributed by atoms with van der Waals surface area (Å²) in [5.41, 5.74) is 0. The fraction of sp³-hybridized carbons (Fsp3) is 0.692. The Balaban J connectivity index is 2.04. The minimum Gasteiger partial charge on any atom is -0.462 e. The van der Waals surface area contributed by atoms with Crippen molar-refractivity contribution in [2.75, 3.05) is 39.5 Å². The van der Waals surface area contributed by atoms with Crippen LogP contribution < -0.4 is 0 Å². The molecule has 0 atom stereocenters. The van der Waals surface area contributed by atoms with E-state index in [0.717, 1.165) is 39.3 Å². The van der Waals surface area contributed by atoms with Crippen molar-refractivity contribution in [3.8, 4) is 0 Å². The van der Waals surface area contributed by atoms with Gasteiger partial charge >= 0.3 is 5.97 Å². The van der Waals surface area contributed by atoms with E-state index in [-0.39, 0.29) is 5.78 Å². The molecule has 1 rings (SSSR count). The van der Waals surface area contributed by atoms with Crippen LogP contribution in [0.15, 0.2) is 12.2 Å². The Morgan fingerprint density at radius 3 is 2.67 bits per heavy atom. The fourth-order valence-electron chi connectivity index (χ4n) is 1.61. The number of hydrogen-bond donors (Lipinski definition) is 0. The van der Waals surface area contributed by atoms with Crippen LogP contribution in [0.3, 0.4) is 0 Å². The standard InChI is InChI=1S/C13H21NO4/c1-2-12(15)4-5-13(16)18-9-3-6-14-7-10-17-11-8-14/h4-5H,2-3,6-11H2,1H3/b5-4+. The van der Waals surface area contributed by atoms with Crippen molar-refractivity contribution >= 4 is 11.8 Å². The van der Waals surface area contributed by atoms with Gasteiger partial charge in [-0.25, -0.2) is 4.79 Å². The number of nitrogens with zero attached hydrogens (tertiary/aromatic N) is 1. The van der Waals surface area contributed by atoms with Crippen LogP contribution in [0.25, 0.3) is 0 Å². The summed E-state index contributed by atoms with van der Waals surface area (Å²) in [6.45, 7) is 6.50. The molecule has 0 N–H and O–H groups in total. The van der Waals surface area contributed by atoms with Crippen LogP contribution in [-0.2, 0) is 19.1 Å². The maximum atomic E-state index is 11.2. The third-order valence-electron chi connectivity index (χ3n) is 2.72. The maximum absolute atomic E-state index is 11.2. The summed E-state index contributed by atoms with van der Waals surface area (Å²) in [7, 11) is 0. The van der Waals surface area contributed by atoms with Gasteiger partial charge in [0.05, 0.1) is 19.8 Å². The second-order valence-corrected chi connectivity index (χ2v) is 4.13. The minimum atomic E-state index is -0.446. The lowest BCUT2D eigenvalue weighted by molar-refractivity contribution is -0.138. The van der Waals surface area contributed by atoms with Gasteiger partial charge in [0.15, 0.2) is 5.78 Å². The molecule has 0 amide bonds. The minimum absolute atomic E-state index is 0.0692. The Hall–Kier alpha value is -1.20. The normalized spacial score (nSPS) is 16.9. The predicted octanol–water partition coefficient (Wildman–Crippen LogP) is 0.787. The summed E-state index contributed by atoms with van der Waals surface area (Å²) in [4.78, 5) is 24.4. The number of morpholine rings is 1. The molecule has 0 radical (unpaired) electrons. The van der Waals surface area contributed by atoms with Crippen LogP contribution in [0.2, 0.25) is 0 Å². The largest absolute Gasteiger partial charge is 0.462 e. The highest BCUT2D eigenvalue weighted by Gasteiger charge is 2.09. The van der Waals surface area contributed by atoms with E-state index in [0.29, 0.717) is 13.0 Å². The molecule has 5 nitrogen and oxygen atoms in total. The van der Waals surface area contributed by atoms with Gasteiger partial charge in [-0.15, -0.1) is 0 Å². The van der Waals surface area contributed by atoms with Crippen LogP contribution in [0, 0.1) is 0 Å². The summed E-state index contributed by atoms with van der Waals surface area (Å²) >= 11 is 0. The van der Waals surface area contributed by atoms with Gasteiger partial charge in [0.2, 0.25) is 0 Å². The van der Waals surface area contributed by atoms with E-state index in [2.05, 4.69) is 4.90 Å². The maximum Gasteiger partial charge on any atom is 0.330 e. The molecule has 0 bridgehead atoms. The Bertz CT molecular complexity index is 295. The number of rotatable bonds is 7. The molecular formula is C13H21NO4. The van der Waals surface area contributed by atoms with Gasteiger partial charge in [-0.3, -0.25) is 9.69 Å². The zero-order valence-electron chi connectivity index (χ0n) is 10.9. The lowest BCUT2D eigenvalue weighted by Gasteiger charge is -2.26. The Morgan fingerprint density at radius 2 is 2.00 bits per heavy atom. The van der Waals surface area contributed by atoms with Crippen LogP contribution in [0.5, 0.6) is 0 Å². The number of ketones is 1. The van der Waals surface area contributed by atoms with E-state index in [4.69, 9.17) is 9.47 Å². The van der Waals surface area contributed by atoms with Gasteiger partial charge in [0.25, 0.3) is 0 Å². The highest BCUT2D eigenvalue weighted by molar-refractivity contribution is 5.95. The Morgan fingerprint density at radius 1 is 1.28 bits per heavy atom. The first-order chi connectivity index (χ1) is 8.72. The van der Waals surface area contributed by atoms with Gasteiger partial charge in [-0.2, -0.15) is 0 Å². The number of allylic oxidation sites excluding steroid dienone is 1. The topological polar surface area (TPSA) is 55.8 Å². The first-order valence-corrected chi connectivity index (χ1v) is 6.40. The molecule has 102 valence electrons. The second-order valence-electron chi connectivity index (χ2n) is 4.13. The molecular weight excluding hydrogens is 234 g/mol. The van der Waals surface area contributed by atoms with E-state index in [1.54, 1.807) is 6.92 Å². The summed E-state index contributed by atoms with van der Waals surface area (Å²) in [5.74, 6) is -0.515. The van der Waals surface area contributed by atoms with E-state index in [9.17, 15) is 9.59 Å². The first-order valence-electron chi connectivity index (χ1n) is 6.40. The molecule has 0 spiro atoms.